The van der Waals surface area contributed by atoms with E-state index in [1.54, 1.807) is 0 Å². The minimum Gasteiger partial charge on any atom is -0.493 e. The van der Waals surface area contributed by atoms with Crippen LogP contribution in [0.15, 0.2) is 30.3 Å². The molecule has 0 bridgehead atoms. The van der Waals surface area contributed by atoms with E-state index in [2.05, 4.69) is 5.32 Å². The van der Waals surface area contributed by atoms with Gasteiger partial charge in [-0.15, -0.1) is 0 Å². The smallest absolute Gasteiger partial charge is 0.255 e. The fourth-order valence-electron chi connectivity index (χ4n) is 1.92. The SMILES string of the molecule is COc1cc(C(=O)Nc2cc(Cl)ccc2F)cc(Cl)c1OCC(N)=O. The Kier molecular flexibility index (Phi) is 6.06. The number of nitrogens with two attached hydrogens (primary N) is 1. The van der Waals surface area contributed by atoms with Crippen LogP contribution < -0.4 is 20.5 Å². The van der Waals surface area contributed by atoms with Crippen molar-refractivity contribution in [2.45, 2.75) is 0 Å². The third kappa shape index (κ3) is 4.74. The van der Waals surface area contributed by atoms with E-state index >= 15 is 0 Å². The summed E-state index contributed by atoms with van der Waals surface area (Å²) in [5, 5.41) is 2.68. The second kappa shape index (κ2) is 8.04. The summed E-state index contributed by atoms with van der Waals surface area (Å²) in [7, 11) is 1.33. The average molecular weight is 387 g/mol. The van der Waals surface area contributed by atoms with E-state index in [1.165, 1.54) is 31.4 Å². The van der Waals surface area contributed by atoms with Crippen LogP contribution in [0.1, 0.15) is 10.4 Å². The standard InChI is InChI=1S/C16H13Cl2FN2O4/c1-24-13-5-8(4-10(18)15(13)25-7-14(20)22)16(23)21-12-6-9(17)2-3-11(12)19/h2-6H,7H2,1H3,(H2,20,22)(H,21,23). The third-order valence-corrected chi connectivity index (χ3v) is 3.54. The van der Waals surface area contributed by atoms with Gasteiger partial charge in [0.2, 0.25) is 0 Å². The van der Waals surface area contributed by atoms with Gasteiger partial charge in [0, 0.05) is 10.6 Å². The molecule has 0 atom stereocenters. The second-order valence-corrected chi connectivity index (χ2v) is 5.67. The number of benzene rings is 2. The summed E-state index contributed by atoms with van der Waals surface area (Å²) in [6.45, 7) is -0.407. The summed E-state index contributed by atoms with van der Waals surface area (Å²) >= 11 is 11.9. The van der Waals surface area contributed by atoms with Crippen molar-refractivity contribution in [3.8, 4) is 11.5 Å². The number of rotatable bonds is 6. The van der Waals surface area contributed by atoms with Crippen molar-refractivity contribution < 1.29 is 23.5 Å². The summed E-state index contributed by atoms with van der Waals surface area (Å²) in [6, 6.07) is 6.39. The van der Waals surface area contributed by atoms with E-state index in [-0.39, 0.29) is 32.8 Å². The van der Waals surface area contributed by atoms with Crippen LogP contribution in [-0.4, -0.2) is 25.5 Å². The molecule has 25 heavy (non-hydrogen) atoms. The van der Waals surface area contributed by atoms with Gasteiger partial charge in [-0.3, -0.25) is 9.59 Å². The van der Waals surface area contributed by atoms with Crippen molar-refractivity contribution in [1.29, 1.82) is 0 Å². The van der Waals surface area contributed by atoms with Crippen molar-refractivity contribution in [2.75, 3.05) is 19.0 Å². The molecule has 0 heterocycles. The van der Waals surface area contributed by atoms with Crippen molar-refractivity contribution >= 4 is 40.7 Å². The maximum atomic E-state index is 13.7. The summed E-state index contributed by atoms with van der Waals surface area (Å²) in [6.07, 6.45) is 0. The Hall–Kier alpha value is -2.51. The second-order valence-electron chi connectivity index (χ2n) is 4.82. The maximum absolute atomic E-state index is 13.7. The van der Waals surface area contributed by atoms with Crippen LogP contribution in [0, 0.1) is 5.82 Å². The Morgan fingerprint density at radius 2 is 1.96 bits per heavy atom. The van der Waals surface area contributed by atoms with Gasteiger partial charge >= 0.3 is 0 Å². The molecule has 6 nitrogen and oxygen atoms in total. The van der Waals surface area contributed by atoms with Gasteiger partial charge < -0.3 is 20.5 Å². The number of amides is 2. The van der Waals surface area contributed by atoms with E-state index in [0.29, 0.717) is 0 Å². The molecular formula is C16H13Cl2FN2O4. The Balaban J connectivity index is 2.29. The number of methoxy groups -OCH3 is 1. The Morgan fingerprint density at radius 3 is 2.60 bits per heavy atom. The minimum atomic E-state index is -0.698. The fourth-order valence-corrected chi connectivity index (χ4v) is 2.36. The van der Waals surface area contributed by atoms with Gasteiger partial charge in [-0.05, 0) is 30.3 Å². The number of anilines is 1. The van der Waals surface area contributed by atoms with E-state index in [9.17, 15) is 14.0 Å². The van der Waals surface area contributed by atoms with Gasteiger partial charge in [0.15, 0.2) is 18.1 Å². The van der Waals surface area contributed by atoms with Crippen LogP contribution >= 0.6 is 23.2 Å². The number of primary amides is 1. The first-order chi connectivity index (χ1) is 11.8. The lowest BCUT2D eigenvalue weighted by molar-refractivity contribution is -0.119. The van der Waals surface area contributed by atoms with Crippen molar-refractivity contribution in [3.05, 3.63) is 51.8 Å². The lowest BCUT2D eigenvalue weighted by Crippen LogP contribution is -2.20. The van der Waals surface area contributed by atoms with Crippen LogP contribution in [0.3, 0.4) is 0 Å². The van der Waals surface area contributed by atoms with Crippen LogP contribution in [0.25, 0.3) is 0 Å². The normalized spacial score (nSPS) is 10.2. The molecule has 0 aromatic heterocycles. The van der Waals surface area contributed by atoms with Gasteiger partial charge in [-0.25, -0.2) is 4.39 Å². The number of hydrogen-bond donors (Lipinski definition) is 2. The lowest BCUT2D eigenvalue weighted by atomic mass is 10.1. The molecule has 2 aromatic rings. The van der Waals surface area contributed by atoms with Crippen molar-refractivity contribution in [3.63, 3.8) is 0 Å². The topological polar surface area (TPSA) is 90.7 Å². The number of ether oxygens (including phenoxy) is 2. The van der Waals surface area contributed by atoms with Crippen LogP contribution in [0.2, 0.25) is 10.0 Å². The summed E-state index contributed by atoms with van der Waals surface area (Å²) < 4.78 is 24.0. The molecule has 0 radical (unpaired) electrons. The maximum Gasteiger partial charge on any atom is 0.255 e. The minimum absolute atomic E-state index is 0.0253. The lowest BCUT2D eigenvalue weighted by Gasteiger charge is -2.13. The molecule has 0 saturated carbocycles. The van der Waals surface area contributed by atoms with Crippen LogP contribution in [0.5, 0.6) is 11.5 Å². The highest BCUT2D eigenvalue weighted by atomic mass is 35.5. The highest BCUT2D eigenvalue weighted by molar-refractivity contribution is 6.33. The van der Waals surface area contributed by atoms with Crippen molar-refractivity contribution in [2.24, 2.45) is 5.73 Å². The van der Waals surface area contributed by atoms with Gasteiger partial charge in [0.1, 0.15) is 5.82 Å². The molecule has 0 saturated heterocycles. The molecule has 0 aliphatic carbocycles. The Bertz CT molecular complexity index is 830. The highest BCUT2D eigenvalue weighted by Gasteiger charge is 2.17. The first kappa shape index (κ1) is 18.8. The van der Waals surface area contributed by atoms with Gasteiger partial charge in [0.25, 0.3) is 11.8 Å². The molecule has 0 aliphatic heterocycles. The predicted molar refractivity (Wildman–Crippen MR) is 92.1 cm³/mol. The third-order valence-electron chi connectivity index (χ3n) is 3.03. The van der Waals surface area contributed by atoms with Crippen molar-refractivity contribution in [1.82, 2.24) is 0 Å². The zero-order valence-corrected chi connectivity index (χ0v) is 14.4. The molecule has 2 amide bonds. The Morgan fingerprint density at radius 1 is 1.24 bits per heavy atom. The van der Waals surface area contributed by atoms with Gasteiger partial charge in [-0.1, -0.05) is 23.2 Å². The van der Waals surface area contributed by atoms with E-state index < -0.39 is 24.2 Å². The first-order valence-electron chi connectivity index (χ1n) is 6.87. The zero-order chi connectivity index (χ0) is 18.6. The molecule has 0 fully saturated rings. The van der Waals surface area contributed by atoms with Gasteiger partial charge in [-0.2, -0.15) is 0 Å². The van der Waals surface area contributed by atoms with Crippen LogP contribution in [0.4, 0.5) is 10.1 Å². The molecular weight excluding hydrogens is 374 g/mol. The van der Waals surface area contributed by atoms with Gasteiger partial charge in [0.05, 0.1) is 17.8 Å². The molecule has 2 aromatic carbocycles. The van der Waals surface area contributed by atoms with Crippen LogP contribution in [-0.2, 0) is 4.79 Å². The number of carbonyl (C=O) groups excluding carboxylic acids is 2. The molecule has 0 unspecified atom stereocenters. The molecule has 0 aliphatic rings. The molecule has 2 rings (SSSR count). The quantitative estimate of drug-likeness (QED) is 0.796. The predicted octanol–water partition coefficient (Wildman–Crippen LogP) is 3.26. The molecule has 3 N–H and O–H groups in total. The largest absolute Gasteiger partial charge is 0.493 e. The number of hydrogen-bond acceptors (Lipinski definition) is 4. The summed E-state index contributed by atoms with van der Waals surface area (Å²) in [4.78, 5) is 23.1. The Labute approximate surface area is 152 Å². The molecule has 132 valence electrons. The number of carbonyl (C=O) groups is 2. The fraction of sp³-hybridized carbons (Fsp3) is 0.125. The number of halogens is 3. The van der Waals surface area contributed by atoms with E-state index in [1.807, 2.05) is 0 Å². The highest BCUT2D eigenvalue weighted by Crippen LogP contribution is 2.36. The van der Waals surface area contributed by atoms with E-state index in [0.717, 1.165) is 6.07 Å². The number of nitrogens with one attached hydrogen (secondary N) is 1. The molecule has 9 heteroatoms. The monoisotopic (exact) mass is 386 g/mol. The van der Waals surface area contributed by atoms with E-state index in [4.69, 9.17) is 38.4 Å². The first-order valence-corrected chi connectivity index (χ1v) is 7.62. The zero-order valence-electron chi connectivity index (χ0n) is 12.9. The average Bonchev–Trinajstić information content (AvgIpc) is 2.56. The molecule has 0 spiro atoms. The summed E-state index contributed by atoms with van der Waals surface area (Å²) in [5.74, 6) is -1.80. The summed E-state index contributed by atoms with van der Waals surface area (Å²) in [5.41, 5.74) is 5.02.